The minimum atomic E-state index is -1.34. The molecule has 0 radical (unpaired) electrons. The lowest BCUT2D eigenvalue weighted by molar-refractivity contribution is -0.212. The lowest BCUT2D eigenvalue weighted by atomic mass is 10.0. The van der Waals surface area contributed by atoms with E-state index in [4.69, 9.17) is 14.2 Å². The van der Waals surface area contributed by atoms with Gasteiger partial charge in [0.2, 0.25) is 0 Å². The van der Waals surface area contributed by atoms with E-state index < -0.39 is 24.0 Å². The second-order valence-corrected chi connectivity index (χ2v) is 5.64. The summed E-state index contributed by atoms with van der Waals surface area (Å²) in [5, 5.41) is 20.8. The Bertz CT molecular complexity index is 521. The van der Waals surface area contributed by atoms with Gasteiger partial charge in [-0.05, 0) is 44.3 Å². The SMILES string of the molecule is COC(=O)/C1=C2\C=C[C@](OC)(O2)[C@@H](O)CCC/C=C/CC[C@H]1O. The van der Waals surface area contributed by atoms with Crippen LogP contribution in [0.25, 0.3) is 0 Å². The summed E-state index contributed by atoms with van der Waals surface area (Å²) in [5.41, 5.74) is 0.0440. The number of esters is 1. The fraction of sp³-hybridized carbons (Fsp3) is 0.588. The van der Waals surface area contributed by atoms with Crippen LogP contribution < -0.4 is 0 Å². The molecule has 2 rings (SSSR count). The van der Waals surface area contributed by atoms with E-state index in [9.17, 15) is 15.0 Å². The standard InChI is InChI=1S/C17H24O6/c1-21-16(20)15-12(18)8-6-4-3-5-7-9-14(19)17(22-2)11-10-13(15)23-17/h3-4,10-12,14,18-19H,5-9H2,1-2H3/b4-3+,15-13+/t12-,14+,17+/m1/s1. The van der Waals surface area contributed by atoms with Crippen molar-refractivity contribution in [3.8, 4) is 0 Å². The van der Waals surface area contributed by atoms with Gasteiger partial charge in [0.15, 0.2) is 0 Å². The van der Waals surface area contributed by atoms with Gasteiger partial charge in [0.05, 0.1) is 13.2 Å². The Morgan fingerprint density at radius 2 is 2.00 bits per heavy atom. The maximum atomic E-state index is 12.0. The van der Waals surface area contributed by atoms with Gasteiger partial charge in [-0.3, -0.25) is 0 Å². The van der Waals surface area contributed by atoms with Crippen molar-refractivity contribution in [3.05, 3.63) is 35.6 Å². The quantitative estimate of drug-likeness (QED) is 0.593. The highest BCUT2D eigenvalue weighted by Crippen LogP contribution is 2.35. The molecule has 6 nitrogen and oxygen atoms in total. The number of ether oxygens (including phenoxy) is 3. The van der Waals surface area contributed by atoms with Crippen LogP contribution in [0.1, 0.15) is 32.1 Å². The number of rotatable bonds is 2. The molecule has 0 aromatic rings. The number of carbonyl (C=O) groups is 1. The van der Waals surface area contributed by atoms with Crippen LogP contribution in [0.15, 0.2) is 35.6 Å². The minimum Gasteiger partial charge on any atom is -0.465 e. The highest BCUT2D eigenvalue weighted by Gasteiger charge is 2.43. The fourth-order valence-electron chi connectivity index (χ4n) is 2.78. The molecule has 23 heavy (non-hydrogen) atoms. The van der Waals surface area contributed by atoms with E-state index in [1.165, 1.54) is 14.2 Å². The maximum Gasteiger partial charge on any atom is 0.340 e. The molecule has 2 heterocycles. The third-order valence-electron chi connectivity index (χ3n) is 4.15. The molecule has 0 amide bonds. The Labute approximate surface area is 136 Å². The van der Waals surface area contributed by atoms with Crippen molar-refractivity contribution < 1.29 is 29.2 Å². The van der Waals surface area contributed by atoms with Gasteiger partial charge in [-0.25, -0.2) is 4.79 Å². The van der Waals surface area contributed by atoms with Crippen LogP contribution >= 0.6 is 0 Å². The first kappa shape index (κ1) is 17.7. The van der Waals surface area contributed by atoms with Crippen molar-refractivity contribution in [3.63, 3.8) is 0 Å². The van der Waals surface area contributed by atoms with Gasteiger partial charge in [-0.1, -0.05) is 12.2 Å². The molecule has 0 aromatic heterocycles. The predicted molar refractivity (Wildman–Crippen MR) is 83.2 cm³/mol. The Kier molecular flexibility index (Phi) is 5.98. The molecule has 2 aliphatic rings. The van der Waals surface area contributed by atoms with Crippen LogP contribution in [0, 0.1) is 0 Å². The number of allylic oxidation sites excluding steroid dienone is 3. The average Bonchev–Trinajstić information content (AvgIpc) is 2.98. The van der Waals surface area contributed by atoms with Crippen LogP contribution in [-0.2, 0) is 19.0 Å². The Hall–Kier alpha value is -1.63. The summed E-state index contributed by atoms with van der Waals surface area (Å²) in [4.78, 5) is 12.0. The highest BCUT2D eigenvalue weighted by molar-refractivity contribution is 5.90. The van der Waals surface area contributed by atoms with E-state index in [-0.39, 0.29) is 11.3 Å². The van der Waals surface area contributed by atoms with Crippen molar-refractivity contribution in [1.82, 2.24) is 0 Å². The second-order valence-electron chi connectivity index (χ2n) is 5.64. The molecule has 3 atom stereocenters. The van der Waals surface area contributed by atoms with E-state index in [1.807, 2.05) is 12.2 Å². The van der Waals surface area contributed by atoms with E-state index >= 15 is 0 Å². The van der Waals surface area contributed by atoms with Crippen molar-refractivity contribution >= 4 is 5.97 Å². The van der Waals surface area contributed by atoms with Gasteiger partial charge in [0, 0.05) is 7.11 Å². The molecule has 0 saturated heterocycles. The van der Waals surface area contributed by atoms with Gasteiger partial charge in [0.25, 0.3) is 5.79 Å². The zero-order valence-electron chi connectivity index (χ0n) is 13.5. The van der Waals surface area contributed by atoms with Crippen LogP contribution in [0.3, 0.4) is 0 Å². The van der Waals surface area contributed by atoms with Gasteiger partial charge < -0.3 is 24.4 Å². The predicted octanol–water partition coefficient (Wildman–Crippen LogP) is 1.58. The molecule has 128 valence electrons. The number of aliphatic hydroxyl groups is 2. The summed E-state index contributed by atoms with van der Waals surface area (Å²) in [7, 11) is 2.68. The second kappa shape index (κ2) is 7.77. The molecule has 0 aliphatic carbocycles. The Balaban J connectivity index is 2.40. The van der Waals surface area contributed by atoms with Crippen LogP contribution in [0.2, 0.25) is 0 Å². The smallest absolute Gasteiger partial charge is 0.340 e. The van der Waals surface area contributed by atoms with Crippen molar-refractivity contribution in [1.29, 1.82) is 0 Å². The topological polar surface area (TPSA) is 85.2 Å². The fourth-order valence-corrected chi connectivity index (χ4v) is 2.78. The molecule has 0 fully saturated rings. The number of carbonyl (C=O) groups excluding carboxylic acids is 1. The first-order valence-corrected chi connectivity index (χ1v) is 7.81. The van der Waals surface area contributed by atoms with Crippen LogP contribution in [0.4, 0.5) is 0 Å². The molecule has 0 aromatic carbocycles. The van der Waals surface area contributed by atoms with Crippen molar-refractivity contribution in [2.24, 2.45) is 0 Å². The van der Waals surface area contributed by atoms with Gasteiger partial charge in [-0.15, -0.1) is 0 Å². The molecule has 0 unspecified atom stereocenters. The maximum absolute atomic E-state index is 12.0. The van der Waals surface area contributed by atoms with Crippen LogP contribution in [0.5, 0.6) is 0 Å². The third kappa shape index (κ3) is 3.83. The van der Waals surface area contributed by atoms with Crippen LogP contribution in [-0.4, -0.2) is 48.4 Å². The molecule has 2 aliphatic heterocycles. The summed E-state index contributed by atoms with van der Waals surface area (Å²) in [6, 6.07) is 0. The minimum absolute atomic E-state index is 0.0440. The zero-order chi connectivity index (χ0) is 16.9. The summed E-state index contributed by atoms with van der Waals surface area (Å²) in [6.45, 7) is 0. The van der Waals surface area contributed by atoms with E-state index in [1.54, 1.807) is 12.2 Å². The molecule has 2 bridgehead atoms. The van der Waals surface area contributed by atoms with Crippen molar-refractivity contribution in [2.75, 3.05) is 14.2 Å². The Morgan fingerprint density at radius 3 is 2.70 bits per heavy atom. The summed E-state index contributed by atoms with van der Waals surface area (Å²) >= 11 is 0. The molecular formula is C17H24O6. The lowest BCUT2D eigenvalue weighted by Gasteiger charge is -2.31. The first-order chi connectivity index (χ1) is 11.0. The van der Waals surface area contributed by atoms with E-state index in [0.29, 0.717) is 19.3 Å². The molecule has 2 N–H and O–H groups in total. The number of methoxy groups -OCH3 is 2. The third-order valence-corrected chi connectivity index (χ3v) is 4.15. The monoisotopic (exact) mass is 324 g/mol. The molecular weight excluding hydrogens is 300 g/mol. The molecule has 6 heteroatoms. The zero-order valence-corrected chi connectivity index (χ0v) is 13.5. The normalized spacial score (nSPS) is 36.3. The summed E-state index contributed by atoms with van der Waals surface area (Å²) in [6.07, 6.45) is 8.31. The summed E-state index contributed by atoms with van der Waals surface area (Å²) < 4.78 is 15.9. The largest absolute Gasteiger partial charge is 0.465 e. The van der Waals surface area contributed by atoms with Gasteiger partial charge >= 0.3 is 5.97 Å². The van der Waals surface area contributed by atoms with E-state index in [0.717, 1.165) is 12.8 Å². The molecule has 0 saturated carbocycles. The molecule has 0 spiro atoms. The number of fused-ring (bicyclic) bond motifs is 2. The van der Waals surface area contributed by atoms with Gasteiger partial charge in [-0.2, -0.15) is 0 Å². The lowest BCUT2D eigenvalue weighted by Crippen LogP contribution is -2.43. The van der Waals surface area contributed by atoms with Crippen molar-refractivity contribution in [2.45, 2.75) is 50.1 Å². The Morgan fingerprint density at radius 1 is 1.26 bits per heavy atom. The highest BCUT2D eigenvalue weighted by atomic mass is 16.7. The summed E-state index contributed by atoms with van der Waals surface area (Å²) in [5.74, 6) is -1.82. The number of hydrogen-bond acceptors (Lipinski definition) is 6. The number of hydrogen-bond donors (Lipinski definition) is 2. The number of aliphatic hydroxyl groups excluding tert-OH is 2. The van der Waals surface area contributed by atoms with E-state index in [2.05, 4.69) is 0 Å². The average molecular weight is 324 g/mol. The van der Waals surface area contributed by atoms with Gasteiger partial charge in [0.1, 0.15) is 17.4 Å². The first-order valence-electron chi connectivity index (χ1n) is 7.81.